The Hall–Kier alpha value is -3.47. The van der Waals surface area contributed by atoms with E-state index in [0.29, 0.717) is 11.3 Å². The van der Waals surface area contributed by atoms with E-state index in [2.05, 4.69) is 36.3 Å². The second-order valence-electron chi connectivity index (χ2n) is 7.81. The van der Waals surface area contributed by atoms with Gasteiger partial charge in [0, 0.05) is 11.3 Å². The lowest BCUT2D eigenvalue weighted by molar-refractivity contribution is 0.102. The summed E-state index contributed by atoms with van der Waals surface area (Å²) in [5, 5.41) is 11.9. The third-order valence-corrected chi connectivity index (χ3v) is 4.64. The van der Waals surface area contributed by atoms with Crippen LogP contribution in [0.1, 0.15) is 36.7 Å². The van der Waals surface area contributed by atoms with E-state index in [9.17, 15) is 4.79 Å². The zero-order valence-electron chi connectivity index (χ0n) is 16.2. The molecule has 0 aliphatic rings. The van der Waals surface area contributed by atoms with Crippen molar-refractivity contribution in [1.29, 1.82) is 0 Å². The fourth-order valence-corrected chi connectivity index (χ4v) is 2.99. The number of para-hydroxylation sites is 1. The quantitative estimate of drug-likeness (QED) is 0.554. The van der Waals surface area contributed by atoms with Crippen LogP contribution in [0.3, 0.4) is 0 Å². The van der Waals surface area contributed by atoms with Crippen molar-refractivity contribution in [3.63, 3.8) is 0 Å². The van der Waals surface area contributed by atoms with Crippen LogP contribution >= 0.6 is 0 Å². The number of fused-ring (bicyclic) bond motifs is 1. The predicted octanol–water partition coefficient (Wildman–Crippen LogP) is 4.97. The highest BCUT2D eigenvalue weighted by Crippen LogP contribution is 2.23. The maximum atomic E-state index is 12.6. The van der Waals surface area contributed by atoms with Gasteiger partial charge in [-0.3, -0.25) is 4.79 Å². The molecule has 1 amide bonds. The standard InChI is InChI=1S/C23H22N4O/c1-23(2,3)17-11-9-16(10-12-17)22(28)24-18-13-14-20-21(15-18)26-27(25-20)19-7-5-4-6-8-19/h4-15H,1-3H3,(H,24,28). The summed E-state index contributed by atoms with van der Waals surface area (Å²) in [5.41, 5.74) is 4.97. The molecular formula is C23H22N4O. The average Bonchev–Trinajstić information content (AvgIpc) is 3.11. The lowest BCUT2D eigenvalue weighted by atomic mass is 9.87. The van der Waals surface area contributed by atoms with Gasteiger partial charge in [0.2, 0.25) is 0 Å². The highest BCUT2D eigenvalue weighted by Gasteiger charge is 2.14. The van der Waals surface area contributed by atoms with E-state index in [1.54, 1.807) is 4.80 Å². The van der Waals surface area contributed by atoms with Crippen molar-refractivity contribution in [2.75, 3.05) is 5.32 Å². The summed E-state index contributed by atoms with van der Waals surface area (Å²) in [4.78, 5) is 14.2. The number of hydrogen-bond donors (Lipinski definition) is 1. The first-order chi connectivity index (χ1) is 13.4. The summed E-state index contributed by atoms with van der Waals surface area (Å²) in [7, 11) is 0. The van der Waals surface area contributed by atoms with Gasteiger partial charge in [-0.25, -0.2) is 0 Å². The van der Waals surface area contributed by atoms with Crippen LogP contribution in [-0.2, 0) is 5.41 Å². The molecule has 0 saturated heterocycles. The van der Waals surface area contributed by atoms with E-state index in [4.69, 9.17) is 0 Å². The highest BCUT2D eigenvalue weighted by molar-refractivity contribution is 6.04. The van der Waals surface area contributed by atoms with Crippen LogP contribution in [0.25, 0.3) is 16.7 Å². The van der Waals surface area contributed by atoms with Crippen molar-refractivity contribution in [3.05, 3.63) is 83.9 Å². The molecule has 4 rings (SSSR count). The lowest BCUT2D eigenvalue weighted by Crippen LogP contribution is -2.14. The van der Waals surface area contributed by atoms with Crippen LogP contribution in [0.5, 0.6) is 0 Å². The summed E-state index contributed by atoms with van der Waals surface area (Å²) >= 11 is 0. The minimum Gasteiger partial charge on any atom is -0.322 e. The van der Waals surface area contributed by atoms with Gasteiger partial charge in [-0.2, -0.15) is 4.80 Å². The molecular weight excluding hydrogens is 348 g/mol. The van der Waals surface area contributed by atoms with E-state index in [-0.39, 0.29) is 11.3 Å². The fraction of sp³-hybridized carbons (Fsp3) is 0.174. The molecule has 0 radical (unpaired) electrons. The minimum absolute atomic E-state index is 0.0601. The summed E-state index contributed by atoms with van der Waals surface area (Å²) in [6, 6.07) is 23.0. The zero-order valence-corrected chi connectivity index (χ0v) is 16.2. The SMILES string of the molecule is CC(C)(C)c1ccc(C(=O)Nc2ccc3nn(-c4ccccc4)nc3c2)cc1. The number of aromatic nitrogens is 3. The Balaban J connectivity index is 1.55. The third-order valence-electron chi connectivity index (χ3n) is 4.64. The number of benzene rings is 3. The average molecular weight is 370 g/mol. The van der Waals surface area contributed by atoms with E-state index >= 15 is 0 Å². The van der Waals surface area contributed by atoms with Crippen LogP contribution in [0.15, 0.2) is 72.8 Å². The Kier molecular flexibility index (Phi) is 4.43. The van der Waals surface area contributed by atoms with Gasteiger partial charge < -0.3 is 5.32 Å². The first-order valence-electron chi connectivity index (χ1n) is 9.25. The molecule has 0 aliphatic carbocycles. The van der Waals surface area contributed by atoms with E-state index in [1.807, 2.05) is 72.8 Å². The van der Waals surface area contributed by atoms with Crippen LogP contribution < -0.4 is 5.32 Å². The van der Waals surface area contributed by atoms with E-state index < -0.39 is 0 Å². The van der Waals surface area contributed by atoms with Crippen molar-refractivity contribution in [2.24, 2.45) is 0 Å². The minimum atomic E-state index is -0.143. The zero-order chi connectivity index (χ0) is 19.7. The van der Waals surface area contributed by atoms with Crippen LogP contribution in [0.4, 0.5) is 5.69 Å². The summed E-state index contributed by atoms with van der Waals surface area (Å²) in [5.74, 6) is -0.143. The maximum Gasteiger partial charge on any atom is 0.255 e. The largest absolute Gasteiger partial charge is 0.322 e. The number of carbonyl (C=O) groups excluding carboxylic acids is 1. The summed E-state index contributed by atoms with van der Waals surface area (Å²) < 4.78 is 0. The monoisotopic (exact) mass is 370 g/mol. The smallest absolute Gasteiger partial charge is 0.255 e. The molecule has 0 saturated carbocycles. The molecule has 4 aromatic rings. The Morgan fingerprint density at radius 1 is 0.857 bits per heavy atom. The molecule has 0 bridgehead atoms. The van der Waals surface area contributed by atoms with Gasteiger partial charge in [-0.05, 0) is 53.4 Å². The third kappa shape index (κ3) is 3.64. The first-order valence-corrected chi connectivity index (χ1v) is 9.25. The van der Waals surface area contributed by atoms with Crippen LogP contribution in [-0.4, -0.2) is 20.9 Å². The Labute approximate surface area is 164 Å². The molecule has 0 aliphatic heterocycles. The molecule has 28 heavy (non-hydrogen) atoms. The van der Waals surface area contributed by atoms with Crippen molar-refractivity contribution in [1.82, 2.24) is 15.0 Å². The highest BCUT2D eigenvalue weighted by atomic mass is 16.1. The predicted molar refractivity (Wildman–Crippen MR) is 112 cm³/mol. The lowest BCUT2D eigenvalue weighted by Gasteiger charge is -2.19. The van der Waals surface area contributed by atoms with Gasteiger partial charge in [0.1, 0.15) is 11.0 Å². The Morgan fingerprint density at radius 2 is 1.54 bits per heavy atom. The number of carbonyl (C=O) groups is 1. The van der Waals surface area contributed by atoms with Gasteiger partial charge in [0.15, 0.2) is 0 Å². The van der Waals surface area contributed by atoms with Crippen LogP contribution in [0, 0.1) is 0 Å². The van der Waals surface area contributed by atoms with Gasteiger partial charge in [-0.1, -0.05) is 51.1 Å². The fourth-order valence-electron chi connectivity index (χ4n) is 2.99. The molecule has 0 fully saturated rings. The molecule has 0 spiro atoms. The molecule has 5 nitrogen and oxygen atoms in total. The Morgan fingerprint density at radius 3 is 2.21 bits per heavy atom. The molecule has 0 atom stereocenters. The number of rotatable bonds is 3. The van der Waals surface area contributed by atoms with Crippen LogP contribution in [0.2, 0.25) is 0 Å². The first kappa shape index (κ1) is 17.9. The maximum absolute atomic E-state index is 12.6. The van der Waals surface area contributed by atoms with E-state index in [1.165, 1.54) is 5.56 Å². The number of amides is 1. The van der Waals surface area contributed by atoms with Gasteiger partial charge in [-0.15, -0.1) is 10.2 Å². The van der Waals surface area contributed by atoms with Crippen molar-refractivity contribution >= 4 is 22.6 Å². The Bertz CT molecular complexity index is 1120. The van der Waals surface area contributed by atoms with Crippen molar-refractivity contribution in [3.8, 4) is 5.69 Å². The summed E-state index contributed by atoms with van der Waals surface area (Å²) in [6.07, 6.45) is 0. The normalized spacial score (nSPS) is 11.5. The number of hydrogen-bond acceptors (Lipinski definition) is 3. The molecule has 1 aromatic heterocycles. The topological polar surface area (TPSA) is 59.8 Å². The number of anilines is 1. The van der Waals surface area contributed by atoms with Gasteiger partial charge in [0.25, 0.3) is 5.91 Å². The summed E-state index contributed by atoms with van der Waals surface area (Å²) in [6.45, 7) is 6.46. The van der Waals surface area contributed by atoms with Gasteiger partial charge >= 0.3 is 0 Å². The second-order valence-corrected chi connectivity index (χ2v) is 7.81. The molecule has 140 valence electrons. The molecule has 5 heteroatoms. The molecule has 3 aromatic carbocycles. The van der Waals surface area contributed by atoms with Crippen molar-refractivity contribution in [2.45, 2.75) is 26.2 Å². The van der Waals surface area contributed by atoms with E-state index in [0.717, 1.165) is 16.7 Å². The molecule has 1 heterocycles. The second kappa shape index (κ2) is 6.93. The number of nitrogens with one attached hydrogen (secondary N) is 1. The number of nitrogens with zero attached hydrogens (tertiary/aromatic N) is 3. The van der Waals surface area contributed by atoms with Gasteiger partial charge in [0.05, 0.1) is 5.69 Å². The molecule has 0 unspecified atom stereocenters. The molecule has 1 N–H and O–H groups in total. The van der Waals surface area contributed by atoms with Crippen molar-refractivity contribution < 1.29 is 4.79 Å².